The molecule has 0 spiro atoms. The van der Waals surface area contributed by atoms with Gasteiger partial charge in [0.05, 0.1) is 19.1 Å². The van der Waals surface area contributed by atoms with Crippen LogP contribution in [0.25, 0.3) is 6.08 Å². The normalized spacial score (nSPS) is 20.0. The zero-order valence-corrected chi connectivity index (χ0v) is 18.2. The van der Waals surface area contributed by atoms with Gasteiger partial charge in [-0.15, -0.1) is 12.4 Å². The highest BCUT2D eigenvalue weighted by Crippen LogP contribution is 2.39. The summed E-state index contributed by atoms with van der Waals surface area (Å²) in [5, 5.41) is 5.47. The largest absolute Gasteiger partial charge is 0.493 e. The summed E-state index contributed by atoms with van der Waals surface area (Å²) >= 11 is 0.904. The molecule has 3 rings (SSSR count). The molecule has 160 valence electrons. The van der Waals surface area contributed by atoms with Gasteiger partial charge in [-0.2, -0.15) is 0 Å². The van der Waals surface area contributed by atoms with E-state index in [4.69, 9.17) is 15.2 Å². The molecule has 10 heteroatoms. The second-order valence-electron chi connectivity index (χ2n) is 6.65. The summed E-state index contributed by atoms with van der Waals surface area (Å²) in [7, 11) is 3.17. The van der Waals surface area contributed by atoms with Crippen molar-refractivity contribution in [2.24, 2.45) is 5.73 Å². The fourth-order valence-corrected chi connectivity index (χ4v) is 4.06. The zero-order valence-electron chi connectivity index (χ0n) is 16.5. The van der Waals surface area contributed by atoms with Gasteiger partial charge in [0.25, 0.3) is 11.1 Å². The van der Waals surface area contributed by atoms with Crippen LogP contribution in [-0.2, 0) is 4.79 Å². The highest BCUT2D eigenvalue weighted by molar-refractivity contribution is 8.18. The molecule has 2 aliphatic rings. The number of hydrogen-bond acceptors (Lipinski definition) is 8. The number of amides is 2. The van der Waals surface area contributed by atoms with E-state index >= 15 is 0 Å². The van der Waals surface area contributed by atoms with Crippen molar-refractivity contribution in [3.05, 3.63) is 22.6 Å². The molecular weight excluding hydrogens is 416 g/mol. The predicted molar refractivity (Wildman–Crippen MR) is 118 cm³/mol. The Bertz CT molecular complexity index is 790. The van der Waals surface area contributed by atoms with Gasteiger partial charge in [0, 0.05) is 36.4 Å². The second-order valence-corrected chi connectivity index (χ2v) is 7.66. The van der Waals surface area contributed by atoms with Crippen molar-refractivity contribution in [3.63, 3.8) is 0 Å². The number of benzene rings is 1. The van der Waals surface area contributed by atoms with Crippen LogP contribution < -0.4 is 30.7 Å². The second kappa shape index (κ2) is 10.7. The van der Waals surface area contributed by atoms with Gasteiger partial charge < -0.3 is 25.4 Å². The number of nitrogens with one attached hydrogen (secondary N) is 2. The van der Waals surface area contributed by atoms with Gasteiger partial charge in [-0.05, 0) is 49.8 Å². The van der Waals surface area contributed by atoms with E-state index in [0.29, 0.717) is 29.0 Å². The number of hydrogen-bond donors (Lipinski definition) is 3. The number of nitrogens with zero attached hydrogens (tertiary/aromatic N) is 1. The van der Waals surface area contributed by atoms with Crippen LogP contribution in [0.15, 0.2) is 17.0 Å². The van der Waals surface area contributed by atoms with Gasteiger partial charge in [-0.1, -0.05) is 0 Å². The molecule has 0 saturated carbocycles. The number of nitrogens with two attached hydrogens (primary N) is 1. The van der Waals surface area contributed by atoms with Gasteiger partial charge in [-0.25, -0.2) is 0 Å². The Morgan fingerprint density at radius 2 is 2.03 bits per heavy atom. The summed E-state index contributed by atoms with van der Waals surface area (Å²) in [5.74, 6) is 0.821. The van der Waals surface area contributed by atoms with E-state index in [0.717, 1.165) is 55.5 Å². The zero-order chi connectivity index (χ0) is 20.1. The number of thioether (sulfide) groups is 1. The van der Waals surface area contributed by atoms with Crippen LogP contribution in [0.2, 0.25) is 0 Å². The van der Waals surface area contributed by atoms with Crippen LogP contribution in [-0.4, -0.2) is 57.6 Å². The molecule has 2 aliphatic heterocycles. The van der Waals surface area contributed by atoms with Crippen LogP contribution in [0.3, 0.4) is 0 Å². The summed E-state index contributed by atoms with van der Waals surface area (Å²) in [6.45, 7) is 3.30. The molecule has 1 aromatic carbocycles. The molecule has 2 fully saturated rings. The van der Waals surface area contributed by atoms with Crippen LogP contribution in [0.4, 0.5) is 10.5 Å². The maximum atomic E-state index is 12.0. The fourth-order valence-electron chi connectivity index (χ4n) is 3.39. The first kappa shape index (κ1) is 23.3. The van der Waals surface area contributed by atoms with Crippen molar-refractivity contribution in [1.29, 1.82) is 0 Å². The van der Waals surface area contributed by atoms with Crippen molar-refractivity contribution in [3.8, 4) is 11.5 Å². The molecule has 4 N–H and O–H groups in total. The number of rotatable bonds is 8. The van der Waals surface area contributed by atoms with E-state index in [1.165, 1.54) is 0 Å². The first-order chi connectivity index (χ1) is 13.5. The lowest BCUT2D eigenvalue weighted by molar-refractivity contribution is -0.115. The minimum absolute atomic E-state index is 0. The smallest absolute Gasteiger partial charge is 0.290 e. The van der Waals surface area contributed by atoms with Crippen molar-refractivity contribution in [2.45, 2.75) is 18.9 Å². The first-order valence-electron chi connectivity index (χ1n) is 9.25. The lowest BCUT2D eigenvalue weighted by Crippen LogP contribution is -2.34. The Morgan fingerprint density at radius 3 is 2.66 bits per heavy atom. The summed E-state index contributed by atoms with van der Waals surface area (Å²) in [6, 6.07) is 4.14. The molecule has 8 nitrogen and oxygen atoms in total. The van der Waals surface area contributed by atoms with E-state index in [2.05, 4.69) is 15.5 Å². The highest BCUT2D eigenvalue weighted by Gasteiger charge is 2.28. The first-order valence-corrected chi connectivity index (χ1v) is 10.1. The fraction of sp³-hybridized carbons (Fsp3) is 0.474. The number of carbonyl (C=O) groups is 2. The summed E-state index contributed by atoms with van der Waals surface area (Å²) < 4.78 is 10.9. The average Bonchev–Trinajstić information content (AvgIpc) is 3.27. The maximum Gasteiger partial charge on any atom is 0.290 e. The monoisotopic (exact) mass is 442 g/mol. The van der Waals surface area contributed by atoms with E-state index in [9.17, 15) is 9.59 Å². The van der Waals surface area contributed by atoms with Crippen molar-refractivity contribution >= 4 is 47.1 Å². The predicted octanol–water partition coefficient (Wildman–Crippen LogP) is 1.97. The molecule has 29 heavy (non-hydrogen) atoms. The SMILES string of the molecule is COc1cc(C=C2SC(=O)NC2=O)c(N2CC[C@@H](NCCCN)C2)cc1OC.Cl. The van der Waals surface area contributed by atoms with E-state index in [-0.39, 0.29) is 23.6 Å². The molecule has 1 atom stereocenters. The topological polar surface area (TPSA) is 106 Å². The third kappa shape index (κ3) is 5.57. The summed E-state index contributed by atoms with van der Waals surface area (Å²) in [5.41, 5.74) is 7.33. The minimum Gasteiger partial charge on any atom is -0.493 e. The van der Waals surface area contributed by atoms with Crippen LogP contribution in [0, 0.1) is 0 Å². The lowest BCUT2D eigenvalue weighted by Gasteiger charge is -2.23. The average molecular weight is 443 g/mol. The molecule has 1 aromatic rings. The maximum absolute atomic E-state index is 12.0. The number of imide groups is 1. The molecule has 0 unspecified atom stereocenters. The van der Waals surface area contributed by atoms with E-state index < -0.39 is 0 Å². The van der Waals surface area contributed by atoms with Gasteiger partial charge in [-0.3, -0.25) is 14.9 Å². The third-order valence-electron chi connectivity index (χ3n) is 4.80. The number of methoxy groups -OCH3 is 2. The molecular formula is C19H27ClN4O4S. The Hall–Kier alpha value is -1.94. The minimum atomic E-state index is -0.376. The van der Waals surface area contributed by atoms with Crippen molar-refractivity contribution < 1.29 is 19.1 Å². The molecule has 0 aliphatic carbocycles. The van der Waals surface area contributed by atoms with E-state index in [1.807, 2.05) is 12.1 Å². The van der Waals surface area contributed by atoms with Gasteiger partial charge >= 0.3 is 0 Å². The quantitative estimate of drug-likeness (QED) is 0.414. The Balaban J connectivity index is 0.00000300. The Kier molecular flexibility index (Phi) is 8.63. The van der Waals surface area contributed by atoms with E-state index in [1.54, 1.807) is 20.3 Å². The number of carbonyl (C=O) groups excluding carboxylic acids is 2. The summed E-state index contributed by atoms with van der Waals surface area (Å²) in [4.78, 5) is 26.1. The van der Waals surface area contributed by atoms with Crippen molar-refractivity contribution in [1.82, 2.24) is 10.6 Å². The van der Waals surface area contributed by atoms with Crippen molar-refractivity contribution in [2.75, 3.05) is 45.3 Å². The third-order valence-corrected chi connectivity index (χ3v) is 5.61. The van der Waals surface area contributed by atoms with Crippen LogP contribution >= 0.6 is 24.2 Å². The van der Waals surface area contributed by atoms with Crippen LogP contribution in [0.5, 0.6) is 11.5 Å². The Morgan fingerprint density at radius 1 is 1.31 bits per heavy atom. The highest BCUT2D eigenvalue weighted by atomic mass is 35.5. The molecule has 0 aromatic heterocycles. The van der Waals surface area contributed by atoms with Crippen LogP contribution in [0.1, 0.15) is 18.4 Å². The lowest BCUT2D eigenvalue weighted by atomic mass is 10.1. The van der Waals surface area contributed by atoms with Gasteiger partial charge in [0.15, 0.2) is 11.5 Å². The Labute approximate surface area is 181 Å². The molecule has 2 saturated heterocycles. The molecule has 2 heterocycles. The molecule has 0 bridgehead atoms. The van der Waals surface area contributed by atoms with Gasteiger partial charge in [0.1, 0.15) is 0 Å². The molecule has 0 radical (unpaired) electrons. The summed E-state index contributed by atoms with van der Waals surface area (Å²) in [6.07, 6.45) is 3.70. The van der Waals surface area contributed by atoms with Gasteiger partial charge in [0.2, 0.25) is 0 Å². The standard InChI is InChI=1S/C19H26N4O4S.ClH/c1-26-15-8-12(9-17-18(24)22-19(25)28-17)14(10-16(15)27-2)23-7-4-13(11-23)21-6-3-5-20;/h8-10,13,21H,3-7,11,20H2,1-2H3,(H,22,24,25);1H/t13-;/m1./s1. The number of halogens is 1. The molecule has 2 amide bonds. The number of anilines is 1. The number of ether oxygens (including phenoxy) is 2.